The molecule has 0 bridgehead atoms. The zero-order valence-corrected chi connectivity index (χ0v) is 11.6. The van der Waals surface area contributed by atoms with Crippen molar-refractivity contribution < 1.29 is 4.79 Å². The van der Waals surface area contributed by atoms with Crippen molar-refractivity contribution in [3.63, 3.8) is 0 Å². The topological polar surface area (TPSA) is 89.1 Å². The van der Waals surface area contributed by atoms with Gasteiger partial charge in [-0.1, -0.05) is 0 Å². The first-order chi connectivity index (χ1) is 10.2. The van der Waals surface area contributed by atoms with E-state index in [1.165, 1.54) is 0 Å². The number of rotatable bonds is 4. The minimum Gasteiger partial charge on any atom is -0.331 e. The summed E-state index contributed by atoms with van der Waals surface area (Å²) in [7, 11) is 0. The lowest BCUT2D eigenvalue weighted by Crippen LogP contribution is -2.31. The number of nitrogens with one attached hydrogen (secondary N) is 1. The minimum absolute atomic E-state index is 0.0166. The average Bonchev–Trinajstić information content (AvgIpc) is 3.09. The lowest BCUT2D eigenvalue weighted by Gasteiger charge is -2.09. The second-order valence-electron chi connectivity index (χ2n) is 5.26. The normalized spacial score (nSPS) is 18.8. The largest absolute Gasteiger partial charge is 0.331 e. The van der Waals surface area contributed by atoms with E-state index in [0.29, 0.717) is 18.9 Å². The van der Waals surface area contributed by atoms with Gasteiger partial charge in [0.1, 0.15) is 0 Å². The minimum atomic E-state index is -0.0552. The van der Waals surface area contributed by atoms with Crippen LogP contribution < -0.4 is 11.2 Å². The highest BCUT2D eigenvalue weighted by Gasteiger charge is 2.26. The molecule has 1 aliphatic heterocycles. The lowest BCUT2D eigenvalue weighted by molar-refractivity contribution is -0.119. The molecule has 110 valence electrons. The zero-order valence-electron chi connectivity index (χ0n) is 11.6. The Hall–Kier alpha value is -2.25. The van der Waals surface area contributed by atoms with E-state index in [-0.39, 0.29) is 11.8 Å². The quantitative estimate of drug-likeness (QED) is 0.797. The molecule has 7 nitrogen and oxygen atoms in total. The van der Waals surface area contributed by atoms with Crippen LogP contribution in [-0.2, 0) is 11.3 Å². The molecule has 1 aliphatic rings. The predicted octanol–water partition coefficient (Wildman–Crippen LogP) is 0.460. The number of hydrogen-bond acceptors (Lipinski definition) is 5. The second-order valence-corrected chi connectivity index (χ2v) is 5.26. The van der Waals surface area contributed by atoms with Gasteiger partial charge in [0.05, 0.1) is 12.2 Å². The molecule has 2 aromatic heterocycles. The Morgan fingerprint density at radius 3 is 2.95 bits per heavy atom. The molecule has 7 heteroatoms. The molecule has 2 aromatic rings. The number of amides is 1. The van der Waals surface area contributed by atoms with Crippen molar-refractivity contribution in [2.24, 2.45) is 11.8 Å². The second kappa shape index (κ2) is 6.02. The van der Waals surface area contributed by atoms with Gasteiger partial charge < -0.3 is 9.88 Å². The molecule has 3 N–H and O–H groups in total. The number of carbonyl (C=O) groups excluding carboxylic acids is 1. The van der Waals surface area contributed by atoms with Gasteiger partial charge in [0.15, 0.2) is 5.82 Å². The van der Waals surface area contributed by atoms with Crippen LogP contribution in [0.5, 0.6) is 0 Å². The van der Waals surface area contributed by atoms with Crippen molar-refractivity contribution >= 4 is 11.7 Å². The molecule has 21 heavy (non-hydrogen) atoms. The van der Waals surface area contributed by atoms with Gasteiger partial charge in [0.25, 0.3) is 0 Å². The number of anilines is 1. The van der Waals surface area contributed by atoms with E-state index in [9.17, 15) is 4.79 Å². The van der Waals surface area contributed by atoms with E-state index in [4.69, 9.17) is 5.84 Å². The molecule has 3 heterocycles. The van der Waals surface area contributed by atoms with Crippen molar-refractivity contribution in [2.45, 2.75) is 13.0 Å². The highest BCUT2D eigenvalue weighted by Crippen LogP contribution is 2.15. The van der Waals surface area contributed by atoms with E-state index in [2.05, 4.69) is 15.3 Å². The Labute approximate surface area is 122 Å². The zero-order chi connectivity index (χ0) is 14.7. The summed E-state index contributed by atoms with van der Waals surface area (Å²) in [6, 6.07) is 3.90. The monoisotopic (exact) mass is 286 g/mol. The summed E-state index contributed by atoms with van der Waals surface area (Å²) in [5, 5.41) is 4.52. The maximum absolute atomic E-state index is 12.1. The number of aromatic nitrogens is 3. The fraction of sp³-hybridized carbons (Fsp3) is 0.357. The third-order valence-electron chi connectivity index (χ3n) is 3.59. The number of hydrazine groups is 1. The number of carbonyl (C=O) groups is 1. The van der Waals surface area contributed by atoms with Crippen molar-refractivity contribution in [1.82, 2.24) is 19.5 Å². The molecule has 1 fully saturated rings. The van der Waals surface area contributed by atoms with Crippen molar-refractivity contribution in [1.29, 1.82) is 0 Å². The van der Waals surface area contributed by atoms with Gasteiger partial charge in [-0.3, -0.25) is 15.6 Å². The van der Waals surface area contributed by atoms with Crippen LogP contribution in [0.3, 0.4) is 0 Å². The summed E-state index contributed by atoms with van der Waals surface area (Å²) >= 11 is 0. The molecule has 0 spiro atoms. The molecule has 0 unspecified atom stereocenters. The fourth-order valence-corrected chi connectivity index (χ4v) is 2.44. The molecular formula is C14H18N6O. The Kier molecular flexibility index (Phi) is 3.94. The predicted molar refractivity (Wildman–Crippen MR) is 78.1 cm³/mol. The number of nitrogens with two attached hydrogens (primary N) is 1. The summed E-state index contributed by atoms with van der Waals surface area (Å²) in [6.45, 7) is 2.06. The summed E-state index contributed by atoms with van der Waals surface area (Å²) in [5.74, 6) is 6.18. The maximum atomic E-state index is 12.1. The first kappa shape index (κ1) is 13.7. The molecule has 0 saturated carbocycles. The Bertz CT molecular complexity index is 611. The standard InChI is InChI=1S/C14H18N6O/c15-20-6-3-12(8-20)14(21)18-13-9-19(10-17-13)7-11-1-4-16-5-2-11/h1-2,4-5,9-10,12H,3,6-8,15H2,(H,18,21)/t12-/m0/s1. The van der Waals surface area contributed by atoms with Crippen LogP contribution in [0, 0.1) is 5.92 Å². The summed E-state index contributed by atoms with van der Waals surface area (Å²) < 4.78 is 1.93. The summed E-state index contributed by atoms with van der Waals surface area (Å²) in [5.41, 5.74) is 1.13. The number of nitrogens with zero attached hydrogens (tertiary/aromatic N) is 4. The van der Waals surface area contributed by atoms with Crippen LogP contribution in [0.25, 0.3) is 0 Å². The van der Waals surface area contributed by atoms with Crippen molar-refractivity contribution in [2.75, 3.05) is 18.4 Å². The molecule has 1 saturated heterocycles. The van der Waals surface area contributed by atoms with Crippen molar-refractivity contribution in [3.05, 3.63) is 42.6 Å². The van der Waals surface area contributed by atoms with Gasteiger partial charge >= 0.3 is 0 Å². The van der Waals surface area contributed by atoms with Gasteiger partial charge in [-0.2, -0.15) is 0 Å². The fourth-order valence-electron chi connectivity index (χ4n) is 2.44. The highest BCUT2D eigenvalue weighted by molar-refractivity contribution is 5.91. The van der Waals surface area contributed by atoms with Crippen LogP contribution in [-0.4, -0.2) is 38.5 Å². The molecule has 1 amide bonds. The van der Waals surface area contributed by atoms with E-state index in [1.807, 2.05) is 22.9 Å². The first-order valence-electron chi connectivity index (χ1n) is 6.92. The van der Waals surface area contributed by atoms with Crippen LogP contribution in [0.4, 0.5) is 5.82 Å². The lowest BCUT2D eigenvalue weighted by atomic mass is 10.1. The molecule has 0 aromatic carbocycles. The van der Waals surface area contributed by atoms with E-state index >= 15 is 0 Å². The Morgan fingerprint density at radius 2 is 2.24 bits per heavy atom. The maximum Gasteiger partial charge on any atom is 0.230 e. The van der Waals surface area contributed by atoms with Gasteiger partial charge in [-0.15, -0.1) is 0 Å². The smallest absolute Gasteiger partial charge is 0.230 e. The van der Waals surface area contributed by atoms with E-state index in [1.54, 1.807) is 23.7 Å². The SMILES string of the molecule is NN1CC[C@H](C(=O)Nc2cn(Cc3ccncc3)cn2)C1. The molecule has 1 atom stereocenters. The Morgan fingerprint density at radius 1 is 1.43 bits per heavy atom. The molecule has 0 aliphatic carbocycles. The Balaban J connectivity index is 1.59. The van der Waals surface area contributed by atoms with Crippen LogP contribution in [0.1, 0.15) is 12.0 Å². The summed E-state index contributed by atoms with van der Waals surface area (Å²) in [6.07, 6.45) is 7.84. The number of hydrogen-bond donors (Lipinski definition) is 2. The molecular weight excluding hydrogens is 268 g/mol. The highest BCUT2D eigenvalue weighted by atomic mass is 16.2. The third kappa shape index (κ3) is 3.45. The van der Waals surface area contributed by atoms with E-state index in [0.717, 1.165) is 18.5 Å². The average molecular weight is 286 g/mol. The van der Waals surface area contributed by atoms with Gasteiger partial charge in [0, 0.05) is 38.2 Å². The molecule has 0 radical (unpaired) electrons. The first-order valence-corrected chi connectivity index (χ1v) is 6.92. The van der Waals surface area contributed by atoms with Gasteiger partial charge in [-0.05, 0) is 24.1 Å². The van der Waals surface area contributed by atoms with E-state index < -0.39 is 0 Å². The van der Waals surface area contributed by atoms with Gasteiger partial charge in [-0.25, -0.2) is 9.99 Å². The van der Waals surface area contributed by atoms with Crippen molar-refractivity contribution in [3.8, 4) is 0 Å². The number of imidazole rings is 1. The number of pyridine rings is 1. The van der Waals surface area contributed by atoms with Crippen LogP contribution in [0.2, 0.25) is 0 Å². The van der Waals surface area contributed by atoms with Crippen LogP contribution >= 0.6 is 0 Å². The third-order valence-corrected chi connectivity index (χ3v) is 3.59. The molecule has 3 rings (SSSR count). The van der Waals surface area contributed by atoms with Crippen LogP contribution in [0.15, 0.2) is 37.1 Å². The summed E-state index contributed by atoms with van der Waals surface area (Å²) in [4.78, 5) is 20.3. The van der Waals surface area contributed by atoms with Gasteiger partial charge in [0.2, 0.25) is 5.91 Å².